The van der Waals surface area contributed by atoms with Gasteiger partial charge in [-0.2, -0.15) is 4.39 Å². The van der Waals surface area contributed by atoms with Crippen LogP contribution < -0.4 is 4.74 Å². The quantitative estimate of drug-likeness (QED) is 0.622. The standard InChI is InChI=1S/C8H7BrF3NO/c1-14-6-5(7(10)11)4(2-9)3-13-8(6)12/h3,7H,2H2,1H3. The summed E-state index contributed by atoms with van der Waals surface area (Å²) in [6.45, 7) is 0. The fraction of sp³-hybridized carbons (Fsp3) is 0.375. The van der Waals surface area contributed by atoms with E-state index in [2.05, 4.69) is 25.7 Å². The maximum Gasteiger partial charge on any atom is 0.267 e. The number of alkyl halides is 3. The van der Waals surface area contributed by atoms with Crippen molar-refractivity contribution in [3.63, 3.8) is 0 Å². The van der Waals surface area contributed by atoms with Crippen LogP contribution in [-0.2, 0) is 5.33 Å². The molecule has 0 saturated carbocycles. The lowest BCUT2D eigenvalue weighted by Gasteiger charge is -2.11. The predicted molar refractivity (Wildman–Crippen MR) is 48.3 cm³/mol. The number of ether oxygens (including phenoxy) is 1. The highest BCUT2D eigenvalue weighted by Gasteiger charge is 2.22. The van der Waals surface area contributed by atoms with Crippen LogP contribution in [0.4, 0.5) is 13.2 Å². The molecule has 0 unspecified atom stereocenters. The SMILES string of the molecule is COc1c(F)ncc(CBr)c1C(F)F. The Bertz CT molecular complexity index is 333. The van der Waals surface area contributed by atoms with Gasteiger partial charge in [0.2, 0.25) is 0 Å². The topological polar surface area (TPSA) is 22.1 Å². The second-order valence-corrected chi connectivity index (χ2v) is 3.02. The zero-order valence-corrected chi connectivity index (χ0v) is 8.82. The third-order valence-corrected chi connectivity index (χ3v) is 2.28. The number of aromatic nitrogens is 1. The average molecular weight is 270 g/mol. The summed E-state index contributed by atoms with van der Waals surface area (Å²) in [5, 5.41) is 0.177. The Morgan fingerprint density at radius 2 is 2.21 bits per heavy atom. The molecule has 1 aromatic rings. The molecule has 0 saturated heterocycles. The van der Waals surface area contributed by atoms with Crippen LogP contribution in [0.15, 0.2) is 6.20 Å². The molecule has 78 valence electrons. The van der Waals surface area contributed by atoms with Gasteiger partial charge in [0.1, 0.15) is 0 Å². The summed E-state index contributed by atoms with van der Waals surface area (Å²) < 4.78 is 42.6. The molecule has 0 aliphatic carbocycles. The minimum Gasteiger partial charge on any atom is -0.492 e. The van der Waals surface area contributed by atoms with E-state index in [4.69, 9.17) is 0 Å². The van der Waals surface area contributed by atoms with E-state index in [0.717, 1.165) is 13.3 Å². The monoisotopic (exact) mass is 269 g/mol. The predicted octanol–water partition coefficient (Wildman–Crippen LogP) is 3.06. The van der Waals surface area contributed by atoms with Crippen molar-refractivity contribution >= 4 is 15.9 Å². The van der Waals surface area contributed by atoms with E-state index in [1.54, 1.807) is 0 Å². The van der Waals surface area contributed by atoms with Crippen LogP contribution in [0.3, 0.4) is 0 Å². The summed E-state index contributed by atoms with van der Waals surface area (Å²) in [5.74, 6) is -1.51. The first-order valence-electron chi connectivity index (χ1n) is 3.67. The van der Waals surface area contributed by atoms with Crippen LogP contribution in [0.2, 0.25) is 0 Å². The van der Waals surface area contributed by atoms with Crippen molar-refractivity contribution in [2.45, 2.75) is 11.8 Å². The molecular formula is C8H7BrF3NO. The number of pyridine rings is 1. The Labute approximate surface area is 87.2 Å². The van der Waals surface area contributed by atoms with Gasteiger partial charge in [0.15, 0.2) is 5.75 Å². The van der Waals surface area contributed by atoms with Gasteiger partial charge in [-0.3, -0.25) is 0 Å². The fourth-order valence-corrected chi connectivity index (χ4v) is 1.51. The summed E-state index contributed by atoms with van der Waals surface area (Å²) in [6.07, 6.45) is -1.72. The molecule has 1 heterocycles. The van der Waals surface area contributed by atoms with E-state index in [9.17, 15) is 13.2 Å². The van der Waals surface area contributed by atoms with Crippen LogP contribution in [-0.4, -0.2) is 12.1 Å². The largest absolute Gasteiger partial charge is 0.492 e. The van der Waals surface area contributed by atoms with E-state index in [1.165, 1.54) is 0 Å². The molecule has 0 fully saturated rings. The molecule has 0 radical (unpaired) electrons. The van der Waals surface area contributed by atoms with Gasteiger partial charge in [-0.15, -0.1) is 0 Å². The molecule has 0 amide bonds. The molecule has 0 atom stereocenters. The first-order valence-corrected chi connectivity index (χ1v) is 4.79. The summed E-state index contributed by atoms with van der Waals surface area (Å²) in [7, 11) is 1.13. The van der Waals surface area contributed by atoms with Gasteiger partial charge < -0.3 is 4.74 Å². The lowest BCUT2D eigenvalue weighted by molar-refractivity contribution is 0.144. The van der Waals surface area contributed by atoms with Gasteiger partial charge in [0, 0.05) is 11.5 Å². The van der Waals surface area contributed by atoms with Crippen LogP contribution in [0.1, 0.15) is 17.6 Å². The molecule has 1 aromatic heterocycles. The van der Waals surface area contributed by atoms with Crippen LogP contribution in [0.5, 0.6) is 5.75 Å². The number of methoxy groups -OCH3 is 1. The number of hydrogen-bond donors (Lipinski definition) is 0. The highest BCUT2D eigenvalue weighted by atomic mass is 79.9. The highest BCUT2D eigenvalue weighted by molar-refractivity contribution is 9.08. The molecule has 0 spiro atoms. The number of halogens is 4. The van der Waals surface area contributed by atoms with Crippen molar-refractivity contribution in [2.24, 2.45) is 0 Å². The van der Waals surface area contributed by atoms with E-state index in [1.807, 2.05) is 0 Å². The van der Waals surface area contributed by atoms with Gasteiger partial charge in [-0.1, -0.05) is 15.9 Å². The van der Waals surface area contributed by atoms with Gasteiger partial charge in [0.25, 0.3) is 12.4 Å². The number of hydrogen-bond acceptors (Lipinski definition) is 2. The molecule has 14 heavy (non-hydrogen) atoms. The molecule has 0 N–H and O–H groups in total. The molecule has 0 aromatic carbocycles. The average Bonchev–Trinajstić information content (AvgIpc) is 2.17. The second-order valence-electron chi connectivity index (χ2n) is 2.46. The van der Waals surface area contributed by atoms with Crippen molar-refractivity contribution in [2.75, 3.05) is 7.11 Å². The second kappa shape index (κ2) is 4.63. The van der Waals surface area contributed by atoms with Gasteiger partial charge in [-0.25, -0.2) is 13.8 Å². The molecule has 0 aliphatic heterocycles. The van der Waals surface area contributed by atoms with Crippen molar-refractivity contribution < 1.29 is 17.9 Å². The molecule has 2 nitrogen and oxygen atoms in total. The lowest BCUT2D eigenvalue weighted by atomic mass is 10.1. The van der Waals surface area contributed by atoms with E-state index >= 15 is 0 Å². The van der Waals surface area contributed by atoms with Gasteiger partial charge >= 0.3 is 0 Å². The summed E-state index contributed by atoms with van der Waals surface area (Å²) in [6, 6.07) is 0. The van der Waals surface area contributed by atoms with E-state index in [0.29, 0.717) is 0 Å². The van der Waals surface area contributed by atoms with Crippen LogP contribution in [0, 0.1) is 5.95 Å². The Morgan fingerprint density at radius 3 is 2.64 bits per heavy atom. The maximum atomic E-state index is 12.9. The first-order chi connectivity index (χ1) is 6.61. The lowest BCUT2D eigenvalue weighted by Crippen LogP contribution is -2.02. The number of nitrogens with zero attached hydrogens (tertiary/aromatic N) is 1. The summed E-state index contributed by atoms with van der Waals surface area (Å²) in [4.78, 5) is 3.31. The Kier molecular flexibility index (Phi) is 3.74. The fourth-order valence-electron chi connectivity index (χ4n) is 1.06. The van der Waals surface area contributed by atoms with Crippen LogP contribution in [0.25, 0.3) is 0 Å². The van der Waals surface area contributed by atoms with Crippen molar-refractivity contribution in [1.82, 2.24) is 4.98 Å². The minimum atomic E-state index is -2.78. The van der Waals surface area contributed by atoms with Crippen molar-refractivity contribution in [3.05, 3.63) is 23.3 Å². The van der Waals surface area contributed by atoms with Gasteiger partial charge in [0.05, 0.1) is 12.7 Å². The summed E-state index contributed by atoms with van der Waals surface area (Å²) >= 11 is 3.01. The smallest absolute Gasteiger partial charge is 0.267 e. The Hall–Kier alpha value is -0.780. The van der Waals surface area contributed by atoms with Crippen molar-refractivity contribution in [3.8, 4) is 5.75 Å². The molecule has 0 aliphatic rings. The van der Waals surface area contributed by atoms with Crippen LogP contribution >= 0.6 is 15.9 Å². The third kappa shape index (κ3) is 2.00. The molecule has 6 heteroatoms. The van der Waals surface area contributed by atoms with E-state index < -0.39 is 23.7 Å². The Morgan fingerprint density at radius 1 is 1.57 bits per heavy atom. The first kappa shape index (κ1) is 11.3. The Balaban J connectivity index is 3.36. The van der Waals surface area contributed by atoms with Crippen molar-refractivity contribution in [1.29, 1.82) is 0 Å². The van der Waals surface area contributed by atoms with Gasteiger partial charge in [-0.05, 0) is 5.56 Å². The normalized spacial score (nSPS) is 10.7. The molecule has 1 rings (SSSR count). The third-order valence-electron chi connectivity index (χ3n) is 1.68. The molecular weight excluding hydrogens is 263 g/mol. The maximum absolute atomic E-state index is 12.9. The minimum absolute atomic E-state index is 0.177. The highest BCUT2D eigenvalue weighted by Crippen LogP contribution is 2.34. The zero-order chi connectivity index (χ0) is 10.7. The zero-order valence-electron chi connectivity index (χ0n) is 7.23. The van der Waals surface area contributed by atoms with E-state index in [-0.39, 0.29) is 10.9 Å². The summed E-state index contributed by atoms with van der Waals surface area (Å²) in [5.41, 5.74) is -0.227. The molecule has 0 bridgehead atoms. The number of rotatable bonds is 3.